The van der Waals surface area contributed by atoms with Gasteiger partial charge < -0.3 is 0 Å². The number of hydrogen-bond acceptors (Lipinski definition) is 4. The van der Waals surface area contributed by atoms with Gasteiger partial charge in [-0.1, -0.05) is 0 Å². The summed E-state index contributed by atoms with van der Waals surface area (Å²) in [6.45, 7) is 0. The predicted octanol–water partition coefficient (Wildman–Crippen LogP) is -2.62. The van der Waals surface area contributed by atoms with E-state index in [2.05, 4.69) is 0 Å². The Bertz CT molecular complexity index is 90.7. The summed E-state index contributed by atoms with van der Waals surface area (Å²) < 4.78 is 34.5. The van der Waals surface area contributed by atoms with Gasteiger partial charge in [-0.25, -0.2) is 0 Å². The van der Waals surface area contributed by atoms with Crippen molar-refractivity contribution >= 4 is 0 Å². The summed E-state index contributed by atoms with van der Waals surface area (Å²) in [7, 11) is 0. The molecular weight excluding hydrogens is 219 g/mol. The van der Waals surface area contributed by atoms with E-state index in [1.807, 2.05) is 0 Å². The Morgan fingerprint density at radius 1 is 1.17 bits per heavy atom. The predicted molar refractivity (Wildman–Crippen MR) is 1.37 cm³/mol. The average molecular weight is 219 g/mol. The molecule has 0 unspecified atom stereocenters. The molecule has 0 aromatic heterocycles. The van der Waals surface area contributed by atoms with Gasteiger partial charge in [0.1, 0.15) is 0 Å². The molecule has 0 N–H and O–H groups in total. The zero-order valence-electron chi connectivity index (χ0n) is 2.37. The summed E-state index contributed by atoms with van der Waals surface area (Å²) in [4.78, 5) is 0. The van der Waals surface area contributed by atoms with Crippen LogP contribution in [0, 0.1) is 0 Å². The molecule has 0 spiro atoms. The zero-order chi connectivity index (χ0) is 4.50. The summed E-state index contributed by atoms with van der Waals surface area (Å²) in [5.41, 5.74) is 0. The maximum absolute atomic E-state index is 8.63. The second-order valence-electron chi connectivity index (χ2n) is 0.408. The van der Waals surface area contributed by atoms with Gasteiger partial charge in [0.05, 0.1) is 0 Å². The summed E-state index contributed by atoms with van der Waals surface area (Å²) in [6, 6.07) is 0. The van der Waals surface area contributed by atoms with Gasteiger partial charge in [0, 0.05) is 0 Å². The third-order valence-electron chi connectivity index (χ3n) is 0. The third-order valence-corrected chi connectivity index (χ3v) is 0. The van der Waals surface area contributed by atoms with Crippen molar-refractivity contribution in [3.05, 3.63) is 0 Å². The molecular formula is CoMoO4. The molecule has 0 aliphatic carbocycles. The molecule has 0 saturated heterocycles. The molecule has 0 aliphatic rings. The minimum absolute atomic E-state index is 0. The van der Waals surface area contributed by atoms with Crippen LogP contribution in [0.2, 0.25) is 0 Å². The molecule has 6 heavy (non-hydrogen) atoms. The Labute approximate surface area is 48.1 Å². The van der Waals surface area contributed by atoms with E-state index in [1.165, 1.54) is 0 Å². The molecule has 0 amide bonds. The van der Waals surface area contributed by atoms with E-state index in [0.717, 1.165) is 0 Å². The fourth-order valence-electron chi connectivity index (χ4n) is 0. The molecule has 0 atom stereocenters. The normalized spacial score (nSPS) is 9.67. The molecule has 39 valence electrons. The van der Waals surface area contributed by atoms with E-state index in [4.69, 9.17) is 14.3 Å². The SMILES string of the molecule is [Co+2].[O]=[Mo](=[O])([O-])[O-]. The Balaban J connectivity index is 0. The topological polar surface area (TPSA) is 80.3 Å². The Morgan fingerprint density at radius 2 is 1.17 bits per heavy atom. The van der Waals surface area contributed by atoms with E-state index in [-0.39, 0.29) is 16.8 Å². The van der Waals surface area contributed by atoms with Crippen molar-refractivity contribution in [1.29, 1.82) is 0 Å². The zero-order valence-corrected chi connectivity index (χ0v) is 5.42. The van der Waals surface area contributed by atoms with Crippen molar-refractivity contribution < 1.29 is 47.8 Å². The fourth-order valence-corrected chi connectivity index (χ4v) is 0. The van der Waals surface area contributed by atoms with Crippen LogP contribution in [0.3, 0.4) is 0 Å². The standard InChI is InChI=1S/Co.Mo.4O/q+2;;;;2*-1. The fraction of sp³-hybridized carbons (Fsp3) is 0. The maximum atomic E-state index is 8.63. The summed E-state index contributed by atoms with van der Waals surface area (Å²) in [6.07, 6.45) is 0. The van der Waals surface area contributed by atoms with Gasteiger partial charge in [0.15, 0.2) is 0 Å². The van der Waals surface area contributed by atoms with Crippen LogP contribution >= 0.6 is 0 Å². The molecule has 4 nitrogen and oxygen atoms in total. The van der Waals surface area contributed by atoms with Gasteiger partial charge in [-0.3, -0.25) is 0 Å². The van der Waals surface area contributed by atoms with Crippen molar-refractivity contribution in [3.8, 4) is 0 Å². The summed E-state index contributed by atoms with van der Waals surface area (Å²) in [5.74, 6) is 0. The Kier molecular flexibility index (Phi) is 4.63. The van der Waals surface area contributed by atoms with Gasteiger partial charge in [0.25, 0.3) is 0 Å². The van der Waals surface area contributed by atoms with E-state index in [0.29, 0.717) is 0 Å². The number of rotatable bonds is 0. The van der Waals surface area contributed by atoms with Gasteiger partial charge >= 0.3 is 47.8 Å². The van der Waals surface area contributed by atoms with Gasteiger partial charge in [-0.15, -0.1) is 0 Å². The van der Waals surface area contributed by atoms with Crippen molar-refractivity contribution in [2.75, 3.05) is 0 Å². The molecule has 1 radical (unpaired) electrons. The van der Waals surface area contributed by atoms with Crippen LogP contribution in [0.1, 0.15) is 0 Å². The first-order chi connectivity index (χ1) is 2.00. The molecule has 0 bridgehead atoms. The van der Waals surface area contributed by atoms with E-state index >= 15 is 0 Å². The summed E-state index contributed by atoms with van der Waals surface area (Å²) >= 11 is -6.02. The second-order valence-corrected chi connectivity index (χ2v) is 2.42. The molecule has 0 rings (SSSR count). The Hall–Kier alpha value is 0.715. The molecule has 0 aliphatic heterocycles. The van der Waals surface area contributed by atoms with E-state index in [1.54, 1.807) is 0 Å². The Morgan fingerprint density at radius 3 is 1.17 bits per heavy atom. The van der Waals surface area contributed by atoms with Crippen LogP contribution in [-0.2, 0) is 40.3 Å². The van der Waals surface area contributed by atoms with Gasteiger partial charge in [-0.05, 0) is 0 Å². The van der Waals surface area contributed by atoms with Crippen LogP contribution in [0.15, 0.2) is 0 Å². The van der Waals surface area contributed by atoms with Crippen LogP contribution in [0.25, 0.3) is 0 Å². The van der Waals surface area contributed by atoms with Gasteiger partial charge in [-0.2, -0.15) is 0 Å². The van der Waals surface area contributed by atoms with Crippen molar-refractivity contribution in [1.82, 2.24) is 0 Å². The van der Waals surface area contributed by atoms with Crippen LogP contribution in [-0.4, -0.2) is 0 Å². The van der Waals surface area contributed by atoms with Crippen LogP contribution < -0.4 is 7.52 Å². The first kappa shape index (κ1) is 9.87. The number of hydrogen-bond donors (Lipinski definition) is 0. The van der Waals surface area contributed by atoms with Crippen molar-refractivity contribution in [3.63, 3.8) is 0 Å². The third kappa shape index (κ3) is 127. The molecule has 0 aromatic carbocycles. The van der Waals surface area contributed by atoms with Crippen molar-refractivity contribution in [2.45, 2.75) is 0 Å². The molecule has 0 heterocycles. The minimum atomic E-state index is -6.02. The van der Waals surface area contributed by atoms with E-state index in [9.17, 15) is 0 Å². The first-order valence-electron chi connectivity index (χ1n) is 0.667. The molecule has 0 aromatic rings. The summed E-state index contributed by atoms with van der Waals surface area (Å²) in [5, 5.41) is 0. The van der Waals surface area contributed by atoms with Crippen LogP contribution in [0.4, 0.5) is 0 Å². The van der Waals surface area contributed by atoms with Crippen LogP contribution in [0.5, 0.6) is 0 Å². The first-order valence-corrected chi connectivity index (χ1v) is 3.94. The average Bonchev–Trinajstić information content (AvgIpc) is 0.722. The monoisotopic (exact) mass is 221 g/mol. The molecule has 6 heteroatoms. The molecule has 0 fully saturated rings. The van der Waals surface area contributed by atoms with Gasteiger partial charge in [0.2, 0.25) is 0 Å². The molecule has 0 saturated carbocycles. The quantitative estimate of drug-likeness (QED) is 0.417. The second kappa shape index (κ2) is 2.82. The van der Waals surface area contributed by atoms with Crippen molar-refractivity contribution in [2.24, 2.45) is 0 Å². The van der Waals surface area contributed by atoms with E-state index < -0.39 is 16.7 Å².